The minimum Gasteiger partial charge on any atom is -0.314 e. The summed E-state index contributed by atoms with van der Waals surface area (Å²) in [6.45, 7) is 9.81. The lowest BCUT2D eigenvalue weighted by atomic mass is 9.86. The molecule has 1 saturated carbocycles. The molecule has 0 amide bonds. The first-order valence-electron chi connectivity index (χ1n) is 8.70. The van der Waals surface area contributed by atoms with Crippen LogP contribution in [0.25, 0.3) is 0 Å². The van der Waals surface area contributed by atoms with Crippen LogP contribution in [0.5, 0.6) is 0 Å². The monoisotopic (exact) mass is 298 g/mol. The predicted molar refractivity (Wildman–Crippen MR) is 91.6 cm³/mol. The van der Waals surface area contributed by atoms with Gasteiger partial charge in [-0.3, -0.25) is 0 Å². The Balaban J connectivity index is 1.82. The highest BCUT2D eigenvalue weighted by atomic mass is 32.2. The Morgan fingerprint density at radius 2 is 2.00 bits per heavy atom. The molecule has 0 aromatic rings. The standard InChI is InChI=1S/C17H34N2S/c1-4-11-18-16-8-12-19(13-15(16)2)14-17(20-3)9-6-5-7-10-17/h15-16,18H,4-14H2,1-3H3. The summed E-state index contributed by atoms with van der Waals surface area (Å²) in [5.74, 6) is 0.804. The first kappa shape index (κ1) is 16.6. The molecule has 0 bridgehead atoms. The summed E-state index contributed by atoms with van der Waals surface area (Å²) < 4.78 is 0.571. The van der Waals surface area contributed by atoms with Crippen LogP contribution in [0.3, 0.4) is 0 Å². The van der Waals surface area contributed by atoms with Gasteiger partial charge in [-0.1, -0.05) is 33.1 Å². The molecule has 0 aromatic carbocycles. The molecular formula is C17H34N2S. The van der Waals surface area contributed by atoms with E-state index in [2.05, 4.69) is 42.1 Å². The van der Waals surface area contributed by atoms with E-state index in [1.54, 1.807) is 0 Å². The molecule has 2 aliphatic rings. The van der Waals surface area contributed by atoms with Gasteiger partial charge >= 0.3 is 0 Å². The second-order valence-electron chi connectivity index (χ2n) is 7.01. The molecule has 2 rings (SSSR count). The smallest absolute Gasteiger partial charge is 0.0284 e. The highest BCUT2D eigenvalue weighted by Gasteiger charge is 2.35. The first-order chi connectivity index (χ1) is 9.69. The van der Waals surface area contributed by atoms with Gasteiger partial charge in [0.25, 0.3) is 0 Å². The number of nitrogens with zero attached hydrogens (tertiary/aromatic N) is 1. The molecular weight excluding hydrogens is 264 g/mol. The highest BCUT2D eigenvalue weighted by Crippen LogP contribution is 2.39. The highest BCUT2D eigenvalue weighted by molar-refractivity contribution is 8.00. The Bertz CT molecular complexity index is 276. The van der Waals surface area contributed by atoms with E-state index in [1.165, 1.54) is 71.1 Å². The summed E-state index contributed by atoms with van der Waals surface area (Å²) in [5.41, 5.74) is 0. The number of hydrogen-bond donors (Lipinski definition) is 1. The number of hydrogen-bond acceptors (Lipinski definition) is 3. The predicted octanol–water partition coefficient (Wildman–Crippen LogP) is 3.76. The number of likely N-dealkylation sites (tertiary alicyclic amines) is 1. The van der Waals surface area contributed by atoms with Gasteiger partial charge in [-0.2, -0.15) is 11.8 Å². The van der Waals surface area contributed by atoms with Gasteiger partial charge in [-0.05, 0) is 50.9 Å². The summed E-state index contributed by atoms with van der Waals surface area (Å²) >= 11 is 2.15. The molecule has 3 heteroatoms. The quantitative estimate of drug-likeness (QED) is 0.804. The van der Waals surface area contributed by atoms with Crippen LogP contribution in [0.15, 0.2) is 0 Å². The van der Waals surface area contributed by atoms with Crippen molar-refractivity contribution in [3.8, 4) is 0 Å². The summed E-state index contributed by atoms with van der Waals surface area (Å²) in [5, 5.41) is 3.74. The maximum atomic E-state index is 3.74. The Morgan fingerprint density at radius 3 is 2.60 bits per heavy atom. The minimum absolute atomic E-state index is 0.571. The molecule has 0 radical (unpaired) electrons. The van der Waals surface area contributed by atoms with Crippen molar-refractivity contribution in [2.24, 2.45) is 5.92 Å². The first-order valence-corrected chi connectivity index (χ1v) is 9.92. The molecule has 2 nitrogen and oxygen atoms in total. The number of thioether (sulfide) groups is 1. The van der Waals surface area contributed by atoms with E-state index in [0.717, 1.165) is 12.0 Å². The molecule has 2 unspecified atom stereocenters. The van der Waals surface area contributed by atoms with Gasteiger partial charge in [0, 0.05) is 23.9 Å². The van der Waals surface area contributed by atoms with E-state index < -0.39 is 0 Å². The average molecular weight is 299 g/mol. The van der Waals surface area contributed by atoms with Crippen molar-refractivity contribution < 1.29 is 0 Å². The number of nitrogens with one attached hydrogen (secondary N) is 1. The largest absolute Gasteiger partial charge is 0.314 e. The van der Waals surface area contributed by atoms with Gasteiger partial charge in [0.05, 0.1) is 0 Å². The van der Waals surface area contributed by atoms with Crippen LogP contribution in [0.2, 0.25) is 0 Å². The van der Waals surface area contributed by atoms with Crippen molar-refractivity contribution in [3.63, 3.8) is 0 Å². The van der Waals surface area contributed by atoms with Crippen molar-refractivity contribution >= 4 is 11.8 Å². The molecule has 1 aliphatic heterocycles. The van der Waals surface area contributed by atoms with Gasteiger partial charge in [0.15, 0.2) is 0 Å². The second kappa shape index (κ2) is 8.05. The van der Waals surface area contributed by atoms with E-state index in [-0.39, 0.29) is 0 Å². The third-order valence-electron chi connectivity index (χ3n) is 5.36. The Hall–Kier alpha value is 0.270. The fraction of sp³-hybridized carbons (Fsp3) is 1.00. The normalized spacial score (nSPS) is 31.4. The molecule has 1 heterocycles. The Kier molecular flexibility index (Phi) is 6.70. The van der Waals surface area contributed by atoms with Crippen molar-refractivity contribution in [3.05, 3.63) is 0 Å². The van der Waals surface area contributed by atoms with E-state index >= 15 is 0 Å². The minimum atomic E-state index is 0.571. The van der Waals surface area contributed by atoms with Gasteiger partial charge in [-0.25, -0.2) is 0 Å². The number of piperidine rings is 1. The van der Waals surface area contributed by atoms with Gasteiger partial charge < -0.3 is 10.2 Å². The third kappa shape index (κ3) is 4.38. The molecule has 118 valence electrons. The maximum absolute atomic E-state index is 3.74. The van der Waals surface area contributed by atoms with Gasteiger partial charge in [0.2, 0.25) is 0 Å². The van der Waals surface area contributed by atoms with E-state index in [9.17, 15) is 0 Å². The fourth-order valence-electron chi connectivity index (χ4n) is 4.04. The van der Waals surface area contributed by atoms with E-state index in [4.69, 9.17) is 0 Å². The fourth-order valence-corrected chi connectivity index (χ4v) is 5.05. The van der Waals surface area contributed by atoms with Crippen molar-refractivity contribution in [1.29, 1.82) is 0 Å². The van der Waals surface area contributed by atoms with Gasteiger partial charge in [-0.15, -0.1) is 0 Å². The van der Waals surface area contributed by atoms with Crippen LogP contribution in [0, 0.1) is 5.92 Å². The SMILES string of the molecule is CCCNC1CCN(CC2(SC)CCCCC2)CC1C. The van der Waals surface area contributed by atoms with E-state index in [1.807, 2.05) is 0 Å². The van der Waals surface area contributed by atoms with Crippen LogP contribution in [0.1, 0.15) is 58.8 Å². The zero-order valence-corrected chi connectivity index (χ0v) is 14.6. The van der Waals surface area contributed by atoms with Crippen molar-refractivity contribution in [2.45, 2.75) is 69.6 Å². The zero-order chi connectivity index (χ0) is 14.4. The molecule has 0 spiro atoms. The second-order valence-corrected chi connectivity index (χ2v) is 8.28. The maximum Gasteiger partial charge on any atom is 0.0284 e. The van der Waals surface area contributed by atoms with Crippen molar-refractivity contribution in [2.75, 3.05) is 32.4 Å². The summed E-state index contributed by atoms with van der Waals surface area (Å²) in [6.07, 6.45) is 12.2. The third-order valence-corrected chi connectivity index (χ3v) is 6.76. The number of rotatable bonds is 6. The lowest BCUT2D eigenvalue weighted by Gasteiger charge is -2.44. The van der Waals surface area contributed by atoms with Crippen LogP contribution < -0.4 is 5.32 Å². The lowest BCUT2D eigenvalue weighted by Crippen LogP contribution is -2.52. The Labute approximate surface area is 130 Å². The van der Waals surface area contributed by atoms with E-state index in [0.29, 0.717) is 4.75 Å². The summed E-state index contributed by atoms with van der Waals surface area (Å²) in [6, 6.07) is 0.753. The molecule has 2 fully saturated rings. The summed E-state index contributed by atoms with van der Waals surface area (Å²) in [7, 11) is 0. The van der Waals surface area contributed by atoms with Gasteiger partial charge in [0.1, 0.15) is 0 Å². The molecule has 1 aliphatic carbocycles. The molecule has 2 atom stereocenters. The van der Waals surface area contributed by atoms with Crippen LogP contribution in [0.4, 0.5) is 0 Å². The molecule has 0 aromatic heterocycles. The molecule has 1 N–H and O–H groups in total. The molecule has 1 saturated heterocycles. The van der Waals surface area contributed by atoms with Crippen LogP contribution in [-0.4, -0.2) is 48.1 Å². The van der Waals surface area contributed by atoms with Crippen LogP contribution in [-0.2, 0) is 0 Å². The zero-order valence-electron chi connectivity index (χ0n) is 13.8. The Morgan fingerprint density at radius 1 is 1.25 bits per heavy atom. The average Bonchev–Trinajstić information content (AvgIpc) is 2.47. The summed E-state index contributed by atoms with van der Waals surface area (Å²) in [4.78, 5) is 2.76. The lowest BCUT2D eigenvalue weighted by molar-refractivity contribution is 0.128. The topological polar surface area (TPSA) is 15.3 Å². The van der Waals surface area contributed by atoms with Crippen molar-refractivity contribution in [1.82, 2.24) is 10.2 Å². The van der Waals surface area contributed by atoms with Crippen LogP contribution >= 0.6 is 11.8 Å². The molecule has 20 heavy (non-hydrogen) atoms.